The number of carbonyl (C=O) groups is 2. The number of allylic oxidation sites excluding steroid dienone is 2. The maximum Gasteiger partial charge on any atom is 0.307 e. The zero-order valence-corrected chi connectivity index (χ0v) is 19.5. The highest BCUT2D eigenvalue weighted by molar-refractivity contribution is 6.23. The first-order valence-electron chi connectivity index (χ1n) is 11.2. The van der Waals surface area contributed by atoms with Crippen LogP contribution in [0.5, 0.6) is 5.75 Å². The molecule has 0 saturated carbocycles. The lowest BCUT2D eigenvalue weighted by molar-refractivity contribution is -0.137. The molecule has 1 aliphatic carbocycles. The van der Waals surface area contributed by atoms with Gasteiger partial charge >= 0.3 is 5.97 Å². The largest absolute Gasteiger partial charge is 0.493 e. The number of fused-ring (bicyclic) bond motifs is 1. The van der Waals surface area contributed by atoms with Gasteiger partial charge in [0.2, 0.25) is 0 Å². The van der Waals surface area contributed by atoms with Crippen molar-refractivity contribution in [3.8, 4) is 5.75 Å². The molecule has 0 N–H and O–H groups in total. The summed E-state index contributed by atoms with van der Waals surface area (Å²) in [6.45, 7) is 12.6. The van der Waals surface area contributed by atoms with Crippen LogP contribution >= 0.6 is 0 Å². The molecule has 0 fully saturated rings. The van der Waals surface area contributed by atoms with Crippen LogP contribution in [0.3, 0.4) is 0 Å². The first-order chi connectivity index (χ1) is 14.8. The molecule has 6 heteroatoms. The van der Waals surface area contributed by atoms with Crippen molar-refractivity contribution in [1.29, 1.82) is 0 Å². The second-order valence-corrected chi connectivity index (χ2v) is 8.32. The van der Waals surface area contributed by atoms with E-state index in [4.69, 9.17) is 14.3 Å². The summed E-state index contributed by atoms with van der Waals surface area (Å²) in [4.78, 5) is 30.5. The van der Waals surface area contributed by atoms with Gasteiger partial charge in [0, 0.05) is 43.2 Å². The highest BCUT2D eigenvalue weighted by Crippen LogP contribution is 2.46. The third kappa shape index (κ3) is 4.53. The monoisotopic (exact) mass is 427 g/mol. The van der Waals surface area contributed by atoms with E-state index < -0.39 is 5.97 Å². The van der Waals surface area contributed by atoms with E-state index >= 15 is 0 Å². The van der Waals surface area contributed by atoms with Gasteiger partial charge in [0.25, 0.3) is 0 Å². The fraction of sp³-hybridized carbons (Fsp3) is 0.560. The average molecular weight is 428 g/mol. The Balaban J connectivity index is 2.11. The Kier molecular flexibility index (Phi) is 7.19. The van der Waals surface area contributed by atoms with Crippen LogP contribution < -0.4 is 4.74 Å². The van der Waals surface area contributed by atoms with Crippen molar-refractivity contribution < 1.29 is 23.9 Å². The van der Waals surface area contributed by atoms with Crippen molar-refractivity contribution in [2.24, 2.45) is 5.16 Å². The molecule has 2 aliphatic rings. The van der Waals surface area contributed by atoms with Crippen molar-refractivity contribution in [2.75, 3.05) is 13.2 Å². The van der Waals surface area contributed by atoms with E-state index in [9.17, 15) is 9.59 Å². The van der Waals surface area contributed by atoms with E-state index in [-0.39, 0.29) is 11.7 Å². The third-order valence-electron chi connectivity index (χ3n) is 6.27. The Labute approximate surface area is 184 Å². The van der Waals surface area contributed by atoms with E-state index in [1.165, 1.54) is 23.6 Å². The number of oxime groups is 1. The van der Waals surface area contributed by atoms with E-state index in [0.717, 1.165) is 29.7 Å². The SMILES string of the molecule is CCC/C(=N\OCC)C1=C(OC(C)=O)CC(c2c(C)c(C)c(C)c3c2OCC3)CC1=O. The molecule has 3 rings (SSSR count). The van der Waals surface area contributed by atoms with E-state index in [1.54, 1.807) is 0 Å². The number of carbonyl (C=O) groups excluding carboxylic acids is 2. The maximum absolute atomic E-state index is 13.4. The highest BCUT2D eigenvalue weighted by Gasteiger charge is 2.37. The molecule has 0 radical (unpaired) electrons. The van der Waals surface area contributed by atoms with Crippen LogP contribution in [0.4, 0.5) is 0 Å². The van der Waals surface area contributed by atoms with Gasteiger partial charge in [0.1, 0.15) is 18.1 Å². The number of rotatable bonds is 7. The van der Waals surface area contributed by atoms with Gasteiger partial charge in [-0.05, 0) is 50.8 Å². The molecule has 1 atom stereocenters. The van der Waals surface area contributed by atoms with Gasteiger partial charge in [-0.15, -0.1) is 0 Å². The van der Waals surface area contributed by atoms with Crippen molar-refractivity contribution in [3.63, 3.8) is 0 Å². The molecular formula is C25H33NO5. The highest BCUT2D eigenvalue weighted by atomic mass is 16.6. The van der Waals surface area contributed by atoms with Crippen molar-refractivity contribution in [2.45, 2.75) is 79.6 Å². The number of hydrogen-bond donors (Lipinski definition) is 0. The summed E-state index contributed by atoms with van der Waals surface area (Å²) in [6, 6.07) is 0. The number of Topliss-reactive ketones (excluding diaryl/α,β-unsaturated/α-hetero) is 1. The van der Waals surface area contributed by atoms with Gasteiger partial charge in [0.15, 0.2) is 5.78 Å². The number of nitrogens with zero attached hydrogens (tertiary/aromatic N) is 1. The van der Waals surface area contributed by atoms with Crippen LogP contribution in [0, 0.1) is 20.8 Å². The number of benzene rings is 1. The minimum Gasteiger partial charge on any atom is -0.493 e. The molecule has 0 spiro atoms. The van der Waals surface area contributed by atoms with Crippen molar-refractivity contribution >= 4 is 17.5 Å². The van der Waals surface area contributed by atoms with Gasteiger partial charge in [0.05, 0.1) is 17.9 Å². The van der Waals surface area contributed by atoms with E-state index in [1.807, 2.05) is 13.8 Å². The fourth-order valence-electron chi connectivity index (χ4n) is 4.69. The Bertz CT molecular complexity index is 957. The summed E-state index contributed by atoms with van der Waals surface area (Å²) in [7, 11) is 0. The minimum absolute atomic E-state index is 0.0659. The molecule has 1 aliphatic heterocycles. The summed E-state index contributed by atoms with van der Waals surface area (Å²) in [5, 5.41) is 4.18. The molecular weight excluding hydrogens is 394 g/mol. The summed E-state index contributed by atoms with van der Waals surface area (Å²) >= 11 is 0. The Morgan fingerprint density at radius 2 is 1.87 bits per heavy atom. The van der Waals surface area contributed by atoms with Gasteiger partial charge in [-0.1, -0.05) is 18.5 Å². The molecule has 1 heterocycles. The van der Waals surface area contributed by atoms with Gasteiger partial charge in [-0.2, -0.15) is 0 Å². The lowest BCUT2D eigenvalue weighted by atomic mass is 9.77. The van der Waals surface area contributed by atoms with Crippen LogP contribution in [-0.4, -0.2) is 30.7 Å². The molecule has 0 bridgehead atoms. The summed E-state index contributed by atoms with van der Waals surface area (Å²) in [5.41, 5.74) is 6.92. The first kappa shape index (κ1) is 23.0. The zero-order valence-electron chi connectivity index (χ0n) is 19.5. The lowest BCUT2D eigenvalue weighted by Gasteiger charge is -2.29. The van der Waals surface area contributed by atoms with Crippen molar-refractivity contribution in [3.05, 3.63) is 39.1 Å². The smallest absolute Gasteiger partial charge is 0.307 e. The third-order valence-corrected chi connectivity index (χ3v) is 6.27. The number of esters is 1. The molecule has 168 valence electrons. The van der Waals surface area contributed by atoms with Crippen LogP contribution in [0.2, 0.25) is 0 Å². The number of ketones is 1. The molecule has 1 aromatic carbocycles. The second-order valence-electron chi connectivity index (χ2n) is 8.32. The predicted octanol–water partition coefficient (Wildman–Crippen LogP) is 5.00. The maximum atomic E-state index is 13.4. The topological polar surface area (TPSA) is 74.2 Å². The fourth-order valence-corrected chi connectivity index (χ4v) is 4.69. The minimum atomic E-state index is -0.438. The molecule has 6 nitrogen and oxygen atoms in total. The summed E-state index contributed by atoms with van der Waals surface area (Å²) < 4.78 is 11.6. The molecule has 1 aromatic rings. The molecule has 31 heavy (non-hydrogen) atoms. The second kappa shape index (κ2) is 9.67. The lowest BCUT2D eigenvalue weighted by Crippen LogP contribution is -2.26. The van der Waals surface area contributed by atoms with Crippen LogP contribution in [0.15, 0.2) is 16.5 Å². The quantitative estimate of drug-likeness (QED) is 0.348. The average Bonchev–Trinajstić information content (AvgIpc) is 3.19. The van der Waals surface area contributed by atoms with Crippen molar-refractivity contribution in [1.82, 2.24) is 0 Å². The van der Waals surface area contributed by atoms with Crippen LogP contribution in [0.25, 0.3) is 0 Å². The molecule has 1 unspecified atom stereocenters. The van der Waals surface area contributed by atoms with Gasteiger partial charge < -0.3 is 14.3 Å². The van der Waals surface area contributed by atoms with Gasteiger partial charge in [-0.3, -0.25) is 9.59 Å². The molecule has 0 amide bonds. The Morgan fingerprint density at radius 3 is 2.52 bits per heavy atom. The van der Waals surface area contributed by atoms with Gasteiger partial charge in [-0.25, -0.2) is 0 Å². The zero-order chi connectivity index (χ0) is 22.7. The molecule has 0 saturated heterocycles. The summed E-state index contributed by atoms with van der Waals surface area (Å²) in [6.07, 6.45) is 3.05. The Hall–Kier alpha value is -2.63. The number of ether oxygens (including phenoxy) is 2. The number of hydrogen-bond acceptors (Lipinski definition) is 6. The van der Waals surface area contributed by atoms with Crippen LogP contribution in [0.1, 0.15) is 80.2 Å². The first-order valence-corrected chi connectivity index (χ1v) is 11.2. The van der Waals surface area contributed by atoms with E-state index in [0.29, 0.717) is 49.5 Å². The predicted molar refractivity (Wildman–Crippen MR) is 120 cm³/mol. The summed E-state index contributed by atoms with van der Waals surface area (Å²) in [5.74, 6) is 0.702. The standard InChI is InChI=1S/C25H33NO5/c1-7-9-20(26-30-8-2)24-21(28)12-18(13-22(24)31-17(6)27)23-16(5)14(3)15(4)19-10-11-29-25(19)23/h18H,7-13H2,1-6H3/b26-20+. The van der Waals surface area contributed by atoms with E-state index in [2.05, 4.69) is 25.9 Å². The normalized spacial score (nSPS) is 18.7. The van der Waals surface area contributed by atoms with Crippen LogP contribution in [-0.2, 0) is 25.6 Å². The Morgan fingerprint density at radius 1 is 1.13 bits per heavy atom. The molecule has 0 aromatic heterocycles.